The number of ether oxygens (including phenoxy) is 3. The summed E-state index contributed by atoms with van der Waals surface area (Å²) in [5, 5.41) is 2.94. The molecule has 1 heterocycles. The second-order valence-corrected chi connectivity index (χ2v) is 6.89. The Hall–Kier alpha value is -2.77. The van der Waals surface area contributed by atoms with Crippen LogP contribution in [0, 0.1) is 0 Å². The molecule has 2 amide bonds. The number of nitrogens with one attached hydrogen (secondary N) is 1. The maximum atomic E-state index is 12.6. The van der Waals surface area contributed by atoms with Crippen molar-refractivity contribution in [2.75, 3.05) is 33.9 Å². The molecule has 1 aliphatic rings. The summed E-state index contributed by atoms with van der Waals surface area (Å²) < 4.78 is 15.3. The number of hydrogen-bond acceptors (Lipinski definition) is 6. The minimum Gasteiger partial charge on any atom is -0.493 e. The van der Waals surface area contributed by atoms with E-state index in [9.17, 15) is 14.4 Å². The van der Waals surface area contributed by atoms with Gasteiger partial charge in [-0.3, -0.25) is 14.4 Å². The standard InChI is InChI=1S/C21H30N2O6/c1-4-29-21(26)8-7-19(24)22-16-9-11-23(12-10-16)20(25)14-15-5-6-17(27-2)18(13-15)28-3/h5-6,13,16H,4,7-12,14H2,1-3H3,(H,22,24). The van der Waals surface area contributed by atoms with Crippen molar-refractivity contribution >= 4 is 17.8 Å². The third kappa shape index (κ3) is 6.96. The molecule has 160 valence electrons. The molecule has 0 spiro atoms. The average Bonchev–Trinajstić information content (AvgIpc) is 2.73. The van der Waals surface area contributed by atoms with Crippen LogP contribution in [0.5, 0.6) is 11.5 Å². The Balaban J connectivity index is 1.76. The Morgan fingerprint density at radius 3 is 2.38 bits per heavy atom. The molecule has 2 rings (SSSR count). The van der Waals surface area contributed by atoms with E-state index >= 15 is 0 Å². The summed E-state index contributed by atoms with van der Waals surface area (Å²) in [5.41, 5.74) is 0.863. The van der Waals surface area contributed by atoms with Crippen LogP contribution >= 0.6 is 0 Å². The zero-order valence-electron chi connectivity index (χ0n) is 17.4. The van der Waals surface area contributed by atoms with Crippen molar-refractivity contribution in [2.24, 2.45) is 0 Å². The van der Waals surface area contributed by atoms with Crippen LogP contribution in [-0.4, -0.2) is 62.6 Å². The smallest absolute Gasteiger partial charge is 0.306 e. The highest BCUT2D eigenvalue weighted by molar-refractivity contribution is 5.81. The van der Waals surface area contributed by atoms with E-state index in [4.69, 9.17) is 14.2 Å². The largest absolute Gasteiger partial charge is 0.493 e. The monoisotopic (exact) mass is 406 g/mol. The van der Waals surface area contributed by atoms with Gasteiger partial charge in [0.2, 0.25) is 11.8 Å². The lowest BCUT2D eigenvalue weighted by molar-refractivity contribution is -0.144. The topological polar surface area (TPSA) is 94.2 Å². The van der Waals surface area contributed by atoms with Crippen molar-refractivity contribution in [2.45, 2.75) is 45.1 Å². The van der Waals surface area contributed by atoms with Crippen LogP contribution in [0.4, 0.5) is 0 Å². The lowest BCUT2D eigenvalue weighted by atomic mass is 10.0. The summed E-state index contributed by atoms with van der Waals surface area (Å²) >= 11 is 0. The summed E-state index contributed by atoms with van der Waals surface area (Å²) in [7, 11) is 3.14. The Labute approximate surface area is 171 Å². The minimum atomic E-state index is -0.363. The number of carbonyl (C=O) groups excluding carboxylic acids is 3. The molecule has 0 saturated carbocycles. The summed E-state index contributed by atoms with van der Waals surface area (Å²) in [4.78, 5) is 37.7. The normalized spacial score (nSPS) is 14.2. The molecule has 0 aromatic heterocycles. The number of carbonyl (C=O) groups is 3. The van der Waals surface area contributed by atoms with Gasteiger partial charge < -0.3 is 24.4 Å². The molecule has 29 heavy (non-hydrogen) atoms. The van der Waals surface area contributed by atoms with E-state index in [0.29, 0.717) is 44.0 Å². The predicted molar refractivity (Wildman–Crippen MR) is 107 cm³/mol. The highest BCUT2D eigenvalue weighted by Crippen LogP contribution is 2.28. The molecule has 1 aromatic carbocycles. The lowest BCUT2D eigenvalue weighted by Crippen LogP contribution is -2.47. The number of methoxy groups -OCH3 is 2. The summed E-state index contributed by atoms with van der Waals surface area (Å²) in [6.07, 6.45) is 1.89. The number of rotatable bonds is 9. The molecular formula is C21H30N2O6. The first-order chi connectivity index (χ1) is 14.0. The van der Waals surface area contributed by atoms with E-state index in [1.807, 2.05) is 17.0 Å². The van der Waals surface area contributed by atoms with Crippen LogP contribution in [-0.2, 0) is 25.5 Å². The van der Waals surface area contributed by atoms with Crippen LogP contribution in [0.2, 0.25) is 0 Å². The highest BCUT2D eigenvalue weighted by Gasteiger charge is 2.24. The molecule has 0 atom stereocenters. The van der Waals surface area contributed by atoms with Crippen LogP contribution in [0.1, 0.15) is 38.2 Å². The van der Waals surface area contributed by atoms with Crippen molar-refractivity contribution < 1.29 is 28.6 Å². The van der Waals surface area contributed by atoms with Gasteiger partial charge in [-0.1, -0.05) is 6.07 Å². The molecule has 0 aliphatic carbocycles. The molecule has 0 bridgehead atoms. The molecule has 1 saturated heterocycles. The zero-order valence-corrected chi connectivity index (χ0v) is 17.4. The lowest BCUT2D eigenvalue weighted by Gasteiger charge is -2.32. The molecule has 8 nitrogen and oxygen atoms in total. The molecular weight excluding hydrogens is 376 g/mol. The fraction of sp³-hybridized carbons (Fsp3) is 0.571. The van der Waals surface area contributed by atoms with E-state index in [0.717, 1.165) is 5.56 Å². The molecule has 1 aromatic rings. The number of piperidine rings is 1. The third-order valence-electron chi connectivity index (χ3n) is 4.88. The van der Waals surface area contributed by atoms with Gasteiger partial charge in [0.1, 0.15) is 0 Å². The van der Waals surface area contributed by atoms with Gasteiger partial charge in [0, 0.05) is 25.6 Å². The molecule has 1 aliphatic heterocycles. The van der Waals surface area contributed by atoms with Gasteiger partial charge in [0.15, 0.2) is 11.5 Å². The first kappa shape index (κ1) is 22.5. The van der Waals surface area contributed by atoms with E-state index in [1.165, 1.54) is 0 Å². The predicted octanol–water partition coefficient (Wildman–Crippen LogP) is 1.70. The fourth-order valence-corrected chi connectivity index (χ4v) is 3.30. The first-order valence-corrected chi connectivity index (χ1v) is 9.90. The van der Waals surface area contributed by atoms with E-state index in [1.54, 1.807) is 27.2 Å². The summed E-state index contributed by atoms with van der Waals surface area (Å²) in [6, 6.07) is 5.48. The van der Waals surface area contributed by atoms with Gasteiger partial charge in [-0.2, -0.15) is 0 Å². The van der Waals surface area contributed by atoms with Gasteiger partial charge in [-0.05, 0) is 37.5 Å². The van der Waals surface area contributed by atoms with Gasteiger partial charge >= 0.3 is 5.97 Å². The van der Waals surface area contributed by atoms with Crippen molar-refractivity contribution in [1.82, 2.24) is 10.2 Å². The number of hydrogen-bond donors (Lipinski definition) is 1. The van der Waals surface area contributed by atoms with Crippen molar-refractivity contribution in [3.8, 4) is 11.5 Å². The van der Waals surface area contributed by atoms with E-state index in [2.05, 4.69) is 5.32 Å². The molecule has 0 radical (unpaired) electrons. The molecule has 1 N–H and O–H groups in total. The fourth-order valence-electron chi connectivity index (χ4n) is 3.30. The van der Waals surface area contributed by atoms with Gasteiger partial charge in [0.25, 0.3) is 0 Å². The third-order valence-corrected chi connectivity index (χ3v) is 4.88. The summed E-state index contributed by atoms with van der Waals surface area (Å²) in [6.45, 7) is 3.23. The number of esters is 1. The Morgan fingerprint density at radius 2 is 1.76 bits per heavy atom. The number of benzene rings is 1. The second kappa shape index (κ2) is 11.3. The van der Waals surface area contributed by atoms with Crippen LogP contribution in [0.25, 0.3) is 0 Å². The molecule has 0 unspecified atom stereocenters. The van der Waals surface area contributed by atoms with Crippen LogP contribution in [0.3, 0.4) is 0 Å². The Bertz CT molecular complexity index is 713. The average molecular weight is 406 g/mol. The van der Waals surface area contributed by atoms with Crippen molar-refractivity contribution in [3.05, 3.63) is 23.8 Å². The van der Waals surface area contributed by atoms with Crippen LogP contribution in [0.15, 0.2) is 18.2 Å². The second-order valence-electron chi connectivity index (χ2n) is 6.89. The molecule has 8 heteroatoms. The van der Waals surface area contributed by atoms with Gasteiger partial charge in [-0.15, -0.1) is 0 Å². The molecule has 1 fully saturated rings. The number of nitrogens with zero attached hydrogens (tertiary/aromatic N) is 1. The van der Waals surface area contributed by atoms with Gasteiger partial charge in [-0.25, -0.2) is 0 Å². The number of amides is 2. The maximum Gasteiger partial charge on any atom is 0.306 e. The first-order valence-electron chi connectivity index (χ1n) is 9.90. The van der Waals surface area contributed by atoms with Crippen molar-refractivity contribution in [3.63, 3.8) is 0 Å². The Kier molecular flexibility index (Phi) is 8.76. The van der Waals surface area contributed by atoms with Gasteiger partial charge in [0.05, 0.1) is 33.7 Å². The van der Waals surface area contributed by atoms with E-state index in [-0.39, 0.29) is 43.1 Å². The van der Waals surface area contributed by atoms with Crippen LogP contribution < -0.4 is 14.8 Å². The quantitative estimate of drug-likeness (QED) is 0.628. The Morgan fingerprint density at radius 1 is 1.07 bits per heavy atom. The number of likely N-dealkylation sites (tertiary alicyclic amines) is 1. The highest BCUT2D eigenvalue weighted by atomic mass is 16.5. The van der Waals surface area contributed by atoms with Crippen molar-refractivity contribution in [1.29, 1.82) is 0 Å². The van der Waals surface area contributed by atoms with E-state index < -0.39 is 0 Å². The maximum absolute atomic E-state index is 12.6. The zero-order chi connectivity index (χ0) is 21.2. The SMILES string of the molecule is CCOC(=O)CCC(=O)NC1CCN(C(=O)Cc2ccc(OC)c(OC)c2)CC1. The minimum absolute atomic E-state index is 0.0230. The summed E-state index contributed by atoms with van der Waals surface area (Å²) in [5.74, 6) is 0.751.